The van der Waals surface area contributed by atoms with Crippen LogP contribution in [-0.2, 0) is 5.41 Å². The van der Waals surface area contributed by atoms with Crippen molar-refractivity contribution in [2.24, 2.45) is 0 Å². The SMILES string of the molecule is CC(C)(C)c1cncnc1-c1ccccc1. The highest BCUT2D eigenvalue weighted by Gasteiger charge is 2.19. The van der Waals surface area contributed by atoms with Crippen LogP contribution in [0.4, 0.5) is 0 Å². The normalized spacial score (nSPS) is 11.4. The van der Waals surface area contributed by atoms with Gasteiger partial charge in [-0.1, -0.05) is 51.1 Å². The van der Waals surface area contributed by atoms with Crippen molar-refractivity contribution in [2.45, 2.75) is 26.2 Å². The molecular weight excluding hydrogens is 196 g/mol. The lowest BCUT2D eigenvalue weighted by Gasteiger charge is -2.21. The van der Waals surface area contributed by atoms with Crippen molar-refractivity contribution in [1.82, 2.24) is 9.97 Å². The standard InChI is InChI=1S/C14H16N2/c1-14(2,3)12-9-15-10-16-13(12)11-7-5-4-6-8-11/h4-10H,1-3H3. The fourth-order valence-electron chi connectivity index (χ4n) is 1.70. The topological polar surface area (TPSA) is 25.8 Å². The Kier molecular flexibility index (Phi) is 2.73. The molecule has 0 aliphatic carbocycles. The smallest absolute Gasteiger partial charge is 0.116 e. The third-order valence-electron chi connectivity index (χ3n) is 2.57. The van der Waals surface area contributed by atoms with E-state index in [0.717, 1.165) is 11.3 Å². The molecule has 0 aliphatic rings. The molecule has 0 saturated heterocycles. The first kappa shape index (κ1) is 10.8. The quantitative estimate of drug-likeness (QED) is 0.723. The van der Waals surface area contributed by atoms with Gasteiger partial charge in [-0.25, -0.2) is 9.97 Å². The summed E-state index contributed by atoms with van der Waals surface area (Å²) in [7, 11) is 0. The minimum Gasteiger partial charge on any atom is -0.244 e. The lowest BCUT2D eigenvalue weighted by Crippen LogP contribution is -2.14. The molecule has 2 nitrogen and oxygen atoms in total. The molecule has 0 amide bonds. The molecule has 1 heterocycles. The molecule has 2 heteroatoms. The molecule has 2 rings (SSSR count). The molecule has 2 aromatic rings. The highest BCUT2D eigenvalue weighted by atomic mass is 14.8. The summed E-state index contributed by atoms with van der Waals surface area (Å²) in [6, 6.07) is 10.2. The summed E-state index contributed by atoms with van der Waals surface area (Å²) >= 11 is 0. The van der Waals surface area contributed by atoms with E-state index in [1.165, 1.54) is 5.56 Å². The number of aromatic nitrogens is 2. The third kappa shape index (κ3) is 2.11. The van der Waals surface area contributed by atoms with Gasteiger partial charge in [0.1, 0.15) is 6.33 Å². The van der Waals surface area contributed by atoms with Crippen LogP contribution in [0.1, 0.15) is 26.3 Å². The van der Waals surface area contributed by atoms with Gasteiger partial charge in [-0.3, -0.25) is 0 Å². The van der Waals surface area contributed by atoms with Crippen LogP contribution in [0.3, 0.4) is 0 Å². The predicted octanol–water partition coefficient (Wildman–Crippen LogP) is 3.44. The maximum absolute atomic E-state index is 4.40. The van der Waals surface area contributed by atoms with Gasteiger partial charge in [0.25, 0.3) is 0 Å². The van der Waals surface area contributed by atoms with E-state index >= 15 is 0 Å². The molecule has 0 aliphatic heterocycles. The second-order valence-electron chi connectivity index (χ2n) is 4.90. The van der Waals surface area contributed by atoms with Gasteiger partial charge < -0.3 is 0 Å². The zero-order chi connectivity index (χ0) is 11.6. The second-order valence-corrected chi connectivity index (χ2v) is 4.90. The Bertz CT molecular complexity index is 470. The van der Waals surface area contributed by atoms with Crippen LogP contribution in [0.25, 0.3) is 11.3 Å². The maximum Gasteiger partial charge on any atom is 0.116 e. The van der Waals surface area contributed by atoms with Crippen LogP contribution in [0.2, 0.25) is 0 Å². The van der Waals surface area contributed by atoms with Crippen LogP contribution in [0, 0.1) is 0 Å². The van der Waals surface area contributed by atoms with E-state index in [2.05, 4.69) is 42.9 Å². The van der Waals surface area contributed by atoms with Crippen molar-refractivity contribution in [3.63, 3.8) is 0 Å². The summed E-state index contributed by atoms with van der Waals surface area (Å²) < 4.78 is 0. The second kappa shape index (κ2) is 4.05. The van der Waals surface area contributed by atoms with E-state index in [1.54, 1.807) is 6.33 Å². The Hall–Kier alpha value is -1.70. The van der Waals surface area contributed by atoms with Gasteiger partial charge in [-0.15, -0.1) is 0 Å². The van der Waals surface area contributed by atoms with Gasteiger partial charge in [0.15, 0.2) is 0 Å². The van der Waals surface area contributed by atoms with Crippen LogP contribution < -0.4 is 0 Å². The molecule has 0 unspecified atom stereocenters. The molecule has 0 spiro atoms. The predicted molar refractivity (Wildman–Crippen MR) is 66.2 cm³/mol. The molecule has 0 radical (unpaired) electrons. The summed E-state index contributed by atoms with van der Waals surface area (Å²) in [6.07, 6.45) is 3.52. The maximum atomic E-state index is 4.40. The first-order chi connectivity index (χ1) is 7.59. The number of rotatable bonds is 1. The average molecular weight is 212 g/mol. The van der Waals surface area contributed by atoms with E-state index in [-0.39, 0.29) is 5.41 Å². The van der Waals surface area contributed by atoms with Crippen molar-refractivity contribution >= 4 is 0 Å². The van der Waals surface area contributed by atoms with E-state index in [0.29, 0.717) is 0 Å². The summed E-state index contributed by atoms with van der Waals surface area (Å²) in [4.78, 5) is 8.53. The van der Waals surface area contributed by atoms with Gasteiger partial charge in [0.2, 0.25) is 0 Å². The third-order valence-corrected chi connectivity index (χ3v) is 2.57. The Morgan fingerprint density at radius 1 is 1.00 bits per heavy atom. The van der Waals surface area contributed by atoms with E-state index in [4.69, 9.17) is 0 Å². The van der Waals surface area contributed by atoms with Crippen molar-refractivity contribution in [3.8, 4) is 11.3 Å². The van der Waals surface area contributed by atoms with Crippen molar-refractivity contribution < 1.29 is 0 Å². The van der Waals surface area contributed by atoms with Gasteiger partial charge >= 0.3 is 0 Å². The molecule has 0 bridgehead atoms. The Morgan fingerprint density at radius 2 is 1.69 bits per heavy atom. The average Bonchev–Trinajstić information content (AvgIpc) is 2.29. The first-order valence-electron chi connectivity index (χ1n) is 5.45. The van der Waals surface area contributed by atoms with Gasteiger partial charge in [0, 0.05) is 17.3 Å². The lowest BCUT2D eigenvalue weighted by atomic mass is 9.85. The van der Waals surface area contributed by atoms with E-state index in [1.807, 2.05) is 24.4 Å². The molecule has 1 aromatic heterocycles. The zero-order valence-corrected chi connectivity index (χ0v) is 9.94. The summed E-state index contributed by atoms with van der Waals surface area (Å²) in [5.41, 5.74) is 3.42. The van der Waals surface area contributed by atoms with Crippen molar-refractivity contribution in [1.29, 1.82) is 0 Å². The van der Waals surface area contributed by atoms with Crippen LogP contribution in [-0.4, -0.2) is 9.97 Å². The molecule has 0 saturated carbocycles. The Morgan fingerprint density at radius 3 is 2.31 bits per heavy atom. The highest BCUT2D eigenvalue weighted by molar-refractivity contribution is 5.63. The Labute approximate surface area is 96.4 Å². The van der Waals surface area contributed by atoms with Gasteiger partial charge in [-0.05, 0) is 5.41 Å². The van der Waals surface area contributed by atoms with Crippen LogP contribution in [0.5, 0.6) is 0 Å². The molecule has 0 N–H and O–H groups in total. The number of nitrogens with zero attached hydrogens (tertiary/aromatic N) is 2. The fourth-order valence-corrected chi connectivity index (χ4v) is 1.70. The zero-order valence-electron chi connectivity index (χ0n) is 9.94. The van der Waals surface area contributed by atoms with E-state index in [9.17, 15) is 0 Å². The fraction of sp³-hybridized carbons (Fsp3) is 0.286. The molecule has 1 aromatic carbocycles. The van der Waals surface area contributed by atoms with Crippen molar-refractivity contribution in [2.75, 3.05) is 0 Å². The first-order valence-corrected chi connectivity index (χ1v) is 5.45. The van der Waals surface area contributed by atoms with Crippen LogP contribution >= 0.6 is 0 Å². The van der Waals surface area contributed by atoms with Crippen LogP contribution in [0.15, 0.2) is 42.9 Å². The molecular formula is C14H16N2. The summed E-state index contributed by atoms with van der Waals surface area (Å²) in [6.45, 7) is 6.54. The lowest BCUT2D eigenvalue weighted by molar-refractivity contribution is 0.586. The number of hydrogen-bond donors (Lipinski definition) is 0. The molecule has 0 fully saturated rings. The highest BCUT2D eigenvalue weighted by Crippen LogP contribution is 2.30. The molecule has 0 atom stereocenters. The van der Waals surface area contributed by atoms with Gasteiger partial charge in [0.05, 0.1) is 5.69 Å². The van der Waals surface area contributed by atoms with Gasteiger partial charge in [-0.2, -0.15) is 0 Å². The summed E-state index contributed by atoms with van der Waals surface area (Å²) in [5, 5.41) is 0. The number of hydrogen-bond acceptors (Lipinski definition) is 2. The monoisotopic (exact) mass is 212 g/mol. The van der Waals surface area contributed by atoms with Crippen molar-refractivity contribution in [3.05, 3.63) is 48.4 Å². The molecule has 16 heavy (non-hydrogen) atoms. The minimum atomic E-state index is 0.0619. The number of benzene rings is 1. The summed E-state index contributed by atoms with van der Waals surface area (Å²) in [5.74, 6) is 0. The largest absolute Gasteiger partial charge is 0.244 e. The molecule has 82 valence electrons. The minimum absolute atomic E-state index is 0.0619. The Balaban J connectivity index is 2.58. The van der Waals surface area contributed by atoms with E-state index < -0.39 is 0 Å².